The topological polar surface area (TPSA) is 86.8 Å². The molecule has 0 saturated heterocycles. The lowest BCUT2D eigenvalue weighted by Crippen LogP contribution is -2.54. The number of carbonyl (C=O) groups is 2. The van der Waals surface area contributed by atoms with Gasteiger partial charge in [-0.2, -0.15) is 0 Å². The van der Waals surface area contributed by atoms with Crippen molar-refractivity contribution in [1.29, 1.82) is 0 Å². The minimum atomic E-state index is -3.72. The highest BCUT2D eigenvalue weighted by Crippen LogP contribution is 2.42. The molecule has 4 aromatic rings. The Hall–Kier alpha value is -4.17. The first-order chi connectivity index (χ1) is 20.4. The fourth-order valence-electron chi connectivity index (χ4n) is 5.61. The van der Waals surface area contributed by atoms with E-state index in [1.165, 1.54) is 4.31 Å². The Morgan fingerprint density at radius 3 is 2.21 bits per heavy atom. The van der Waals surface area contributed by atoms with Crippen LogP contribution in [0, 0.1) is 6.92 Å². The van der Waals surface area contributed by atoms with Crippen LogP contribution in [0.15, 0.2) is 95.9 Å². The average Bonchev–Trinajstić information content (AvgIpc) is 3.18. The molecule has 0 spiro atoms. The van der Waals surface area contributed by atoms with Crippen LogP contribution in [0.25, 0.3) is 10.8 Å². The lowest BCUT2D eigenvalue weighted by Gasteiger charge is -2.34. The summed E-state index contributed by atoms with van der Waals surface area (Å²) >= 11 is 0. The van der Waals surface area contributed by atoms with E-state index in [0.29, 0.717) is 23.4 Å². The van der Waals surface area contributed by atoms with Crippen molar-refractivity contribution in [2.24, 2.45) is 0 Å². The van der Waals surface area contributed by atoms with E-state index in [9.17, 15) is 18.0 Å². The molecule has 0 radical (unpaired) electrons. The van der Waals surface area contributed by atoms with Crippen LogP contribution >= 0.6 is 0 Å². The highest BCUT2D eigenvalue weighted by Gasteiger charge is 2.36. The number of rotatable bonds is 10. The molecule has 4 aromatic carbocycles. The fourth-order valence-corrected chi connectivity index (χ4v) is 7.36. The van der Waals surface area contributed by atoms with Gasteiger partial charge in [-0.3, -0.25) is 13.9 Å². The molecule has 8 heteroatoms. The second-order valence-corrected chi connectivity index (χ2v) is 14.1. The number of benzene rings is 4. The van der Waals surface area contributed by atoms with E-state index in [1.807, 2.05) is 107 Å². The summed E-state index contributed by atoms with van der Waals surface area (Å²) in [5.41, 5.74) is 3.14. The van der Waals surface area contributed by atoms with Gasteiger partial charge in [0.25, 0.3) is 10.0 Å². The van der Waals surface area contributed by atoms with Crippen molar-refractivity contribution in [3.63, 3.8) is 0 Å². The van der Waals surface area contributed by atoms with Crippen molar-refractivity contribution in [1.82, 2.24) is 10.2 Å². The number of nitrogens with one attached hydrogen (secondary N) is 1. The first kappa shape index (κ1) is 30.3. The number of sulfonamides is 1. The Labute approximate surface area is 254 Å². The molecule has 1 aliphatic heterocycles. The van der Waals surface area contributed by atoms with Crippen molar-refractivity contribution in [3.8, 4) is 0 Å². The zero-order valence-corrected chi connectivity index (χ0v) is 26.0. The lowest BCUT2D eigenvalue weighted by atomic mass is 10.00. The molecule has 0 aromatic heterocycles. The second-order valence-electron chi connectivity index (χ2n) is 12.3. The number of hydrogen-bond acceptors (Lipinski definition) is 4. The van der Waals surface area contributed by atoms with Crippen LogP contribution in [0.5, 0.6) is 0 Å². The van der Waals surface area contributed by atoms with Gasteiger partial charge >= 0.3 is 0 Å². The summed E-state index contributed by atoms with van der Waals surface area (Å²) in [6.07, 6.45) is 0.766. The summed E-state index contributed by atoms with van der Waals surface area (Å²) in [6.45, 7) is 8.20. The van der Waals surface area contributed by atoms with Crippen LogP contribution < -0.4 is 9.62 Å². The van der Waals surface area contributed by atoms with Crippen LogP contribution in [-0.4, -0.2) is 43.3 Å². The van der Waals surface area contributed by atoms with E-state index < -0.39 is 21.6 Å². The fraction of sp³-hybridized carbons (Fsp3) is 0.314. The van der Waals surface area contributed by atoms with Crippen LogP contribution in [-0.2, 0) is 32.6 Å². The maximum absolute atomic E-state index is 14.0. The number of hydrogen-bond donors (Lipinski definition) is 1. The lowest BCUT2D eigenvalue weighted by molar-refractivity contribution is -0.142. The largest absolute Gasteiger partial charge is 0.350 e. The van der Waals surface area contributed by atoms with Gasteiger partial charge in [0.2, 0.25) is 11.8 Å². The quantitative estimate of drug-likeness (QED) is 0.243. The Morgan fingerprint density at radius 2 is 1.53 bits per heavy atom. The Balaban J connectivity index is 1.40. The van der Waals surface area contributed by atoms with Gasteiger partial charge < -0.3 is 10.2 Å². The Morgan fingerprint density at radius 1 is 0.860 bits per heavy atom. The van der Waals surface area contributed by atoms with Gasteiger partial charge in [0.15, 0.2) is 0 Å². The minimum Gasteiger partial charge on any atom is -0.350 e. The SMILES string of the molecule is Cc1ccc(CN(C(=O)CCCN2c3cccc4cccc(c34)S2(=O)=O)[C@@H](Cc2ccccc2)C(=O)NC(C)(C)C)cc1. The van der Waals surface area contributed by atoms with Gasteiger partial charge in [0, 0.05) is 36.9 Å². The highest BCUT2D eigenvalue weighted by atomic mass is 32.2. The molecule has 0 aliphatic carbocycles. The molecular weight excluding hydrogens is 558 g/mol. The molecule has 1 heterocycles. The van der Waals surface area contributed by atoms with Gasteiger partial charge in [0.1, 0.15) is 6.04 Å². The molecule has 224 valence electrons. The summed E-state index contributed by atoms with van der Waals surface area (Å²) in [5, 5.41) is 4.67. The van der Waals surface area contributed by atoms with Gasteiger partial charge in [-0.05, 0) is 62.8 Å². The third-order valence-electron chi connectivity index (χ3n) is 7.68. The molecule has 0 bridgehead atoms. The van der Waals surface area contributed by atoms with E-state index >= 15 is 0 Å². The molecule has 1 atom stereocenters. The molecule has 0 unspecified atom stereocenters. The van der Waals surface area contributed by atoms with Gasteiger partial charge in [-0.25, -0.2) is 8.42 Å². The molecule has 5 rings (SSSR count). The number of carbonyl (C=O) groups excluding carboxylic acids is 2. The molecule has 0 saturated carbocycles. The van der Waals surface area contributed by atoms with E-state index in [0.717, 1.165) is 27.5 Å². The number of anilines is 1. The van der Waals surface area contributed by atoms with Crippen molar-refractivity contribution in [3.05, 3.63) is 108 Å². The molecule has 7 nitrogen and oxygen atoms in total. The highest BCUT2D eigenvalue weighted by molar-refractivity contribution is 7.93. The second kappa shape index (κ2) is 12.2. The first-order valence-electron chi connectivity index (χ1n) is 14.7. The summed E-state index contributed by atoms with van der Waals surface area (Å²) in [4.78, 5) is 29.8. The van der Waals surface area contributed by atoms with Gasteiger partial charge in [-0.1, -0.05) is 84.4 Å². The van der Waals surface area contributed by atoms with E-state index in [-0.39, 0.29) is 31.3 Å². The van der Waals surface area contributed by atoms with E-state index in [2.05, 4.69) is 5.32 Å². The monoisotopic (exact) mass is 597 g/mol. The molecule has 1 N–H and O–H groups in total. The van der Waals surface area contributed by atoms with E-state index in [4.69, 9.17) is 0 Å². The van der Waals surface area contributed by atoms with Crippen molar-refractivity contribution < 1.29 is 18.0 Å². The number of aryl methyl sites for hydroxylation is 1. The molecule has 43 heavy (non-hydrogen) atoms. The molecular formula is C35H39N3O4S. The predicted octanol–water partition coefficient (Wildman–Crippen LogP) is 5.99. The van der Waals surface area contributed by atoms with Crippen LogP contribution in [0.1, 0.15) is 50.3 Å². The standard InChI is InChI=1S/C35H39N3O4S/c1-25-18-20-27(21-19-25)24-37(30(34(40)36-35(2,3)4)23-26-11-6-5-7-12-26)32(39)17-10-22-38-29-15-8-13-28-14-9-16-31(33(28)29)43(38,41)42/h5-9,11-16,18-21,30H,10,17,22-24H2,1-4H3,(H,36,40)/t30-/m0/s1. The predicted molar refractivity (Wildman–Crippen MR) is 171 cm³/mol. The van der Waals surface area contributed by atoms with Crippen LogP contribution in [0.2, 0.25) is 0 Å². The maximum atomic E-state index is 14.0. The van der Waals surface area contributed by atoms with Crippen molar-refractivity contribution in [2.75, 3.05) is 10.8 Å². The summed E-state index contributed by atoms with van der Waals surface area (Å²) in [7, 11) is -3.72. The normalized spacial score (nSPS) is 14.5. The van der Waals surface area contributed by atoms with Crippen molar-refractivity contribution >= 4 is 38.3 Å². The van der Waals surface area contributed by atoms with Crippen LogP contribution in [0.4, 0.5) is 5.69 Å². The average molecular weight is 598 g/mol. The minimum absolute atomic E-state index is 0.0955. The summed E-state index contributed by atoms with van der Waals surface area (Å²) in [6, 6.07) is 27.8. The third-order valence-corrected chi connectivity index (χ3v) is 9.53. The Bertz CT molecular complexity index is 1720. The number of nitrogens with zero attached hydrogens (tertiary/aromatic N) is 2. The number of amides is 2. The van der Waals surface area contributed by atoms with Crippen LogP contribution in [0.3, 0.4) is 0 Å². The Kier molecular flexibility index (Phi) is 8.60. The van der Waals surface area contributed by atoms with Gasteiger partial charge in [0.05, 0.1) is 10.6 Å². The third kappa shape index (κ3) is 6.75. The van der Waals surface area contributed by atoms with Gasteiger partial charge in [-0.15, -0.1) is 0 Å². The maximum Gasteiger partial charge on any atom is 0.265 e. The zero-order chi connectivity index (χ0) is 30.8. The molecule has 2 amide bonds. The first-order valence-corrected chi connectivity index (χ1v) is 16.1. The molecule has 1 aliphatic rings. The van der Waals surface area contributed by atoms with Crippen molar-refractivity contribution in [2.45, 2.75) is 70.0 Å². The zero-order valence-electron chi connectivity index (χ0n) is 25.2. The smallest absolute Gasteiger partial charge is 0.265 e. The summed E-state index contributed by atoms with van der Waals surface area (Å²) in [5.74, 6) is -0.418. The van der Waals surface area contributed by atoms with E-state index in [1.54, 1.807) is 17.0 Å². The summed E-state index contributed by atoms with van der Waals surface area (Å²) < 4.78 is 28.3. The molecule has 0 fully saturated rings.